The Morgan fingerprint density at radius 2 is 2.21 bits per heavy atom. The van der Waals surface area contributed by atoms with Crippen LogP contribution in [-0.2, 0) is 0 Å². The van der Waals surface area contributed by atoms with Crippen molar-refractivity contribution in [3.63, 3.8) is 0 Å². The van der Waals surface area contributed by atoms with Crippen LogP contribution in [-0.4, -0.2) is 33.0 Å². The van der Waals surface area contributed by atoms with E-state index in [-0.39, 0.29) is 22.2 Å². The number of pyridine rings is 1. The number of anilines is 1. The van der Waals surface area contributed by atoms with E-state index in [4.69, 9.17) is 22.1 Å². The Morgan fingerprint density at radius 3 is 2.97 bits per heavy atom. The molecule has 9 heteroatoms. The van der Waals surface area contributed by atoms with Gasteiger partial charge in [-0.3, -0.25) is 4.68 Å². The van der Waals surface area contributed by atoms with Crippen molar-refractivity contribution in [3.05, 3.63) is 53.2 Å². The molecule has 1 aromatic carbocycles. The van der Waals surface area contributed by atoms with E-state index >= 15 is 0 Å². The molecule has 0 amide bonds. The minimum atomic E-state index is -0.746. The van der Waals surface area contributed by atoms with Gasteiger partial charge in [-0.15, -0.1) is 0 Å². The summed E-state index contributed by atoms with van der Waals surface area (Å²) in [7, 11) is 0. The van der Waals surface area contributed by atoms with Gasteiger partial charge in [0.05, 0.1) is 22.8 Å². The summed E-state index contributed by atoms with van der Waals surface area (Å²) < 4.78 is 21.6. The maximum absolute atomic E-state index is 13.8. The van der Waals surface area contributed by atoms with Gasteiger partial charge in [0, 0.05) is 30.1 Å². The predicted octanol–water partition coefficient (Wildman–Crippen LogP) is 3.70. The lowest BCUT2D eigenvalue weighted by molar-refractivity contribution is 0.222. The zero-order valence-electron chi connectivity index (χ0n) is 15.8. The largest absolute Gasteiger partial charge is 0.507 e. The second-order valence-corrected chi connectivity index (χ2v) is 7.40. The summed E-state index contributed by atoms with van der Waals surface area (Å²) in [5.41, 5.74) is 7.79. The first-order chi connectivity index (χ1) is 13.9. The molecule has 2 atom stereocenters. The number of aromatic nitrogens is 3. The van der Waals surface area contributed by atoms with Crippen molar-refractivity contribution in [3.8, 4) is 22.6 Å². The van der Waals surface area contributed by atoms with Crippen molar-refractivity contribution in [2.45, 2.75) is 25.5 Å². The molecule has 1 unspecified atom stereocenters. The van der Waals surface area contributed by atoms with Gasteiger partial charge in [0.15, 0.2) is 11.6 Å². The summed E-state index contributed by atoms with van der Waals surface area (Å²) in [4.78, 5) is 4.21. The fourth-order valence-electron chi connectivity index (χ4n) is 3.45. The highest BCUT2D eigenvalue weighted by atomic mass is 35.5. The molecular formula is C20H21ClFN5O2. The van der Waals surface area contributed by atoms with Crippen molar-refractivity contribution in [1.82, 2.24) is 20.1 Å². The number of nitrogens with one attached hydrogen (secondary N) is 1. The van der Waals surface area contributed by atoms with E-state index in [1.807, 2.05) is 10.9 Å². The average Bonchev–Trinajstić information content (AvgIpc) is 3.38. The van der Waals surface area contributed by atoms with Gasteiger partial charge in [0.2, 0.25) is 0 Å². The van der Waals surface area contributed by atoms with Gasteiger partial charge in [-0.25, -0.2) is 9.37 Å². The Morgan fingerprint density at radius 1 is 1.38 bits per heavy atom. The zero-order valence-corrected chi connectivity index (χ0v) is 16.5. The third-order valence-corrected chi connectivity index (χ3v) is 5.43. The maximum Gasteiger partial charge on any atom is 0.166 e. The summed E-state index contributed by atoms with van der Waals surface area (Å²) in [5, 5.41) is 17.7. The molecule has 1 fully saturated rings. The van der Waals surface area contributed by atoms with Gasteiger partial charge >= 0.3 is 0 Å². The minimum Gasteiger partial charge on any atom is -0.507 e. The first-order valence-electron chi connectivity index (χ1n) is 9.28. The molecule has 3 heterocycles. The van der Waals surface area contributed by atoms with Crippen LogP contribution in [0, 0.1) is 5.82 Å². The van der Waals surface area contributed by atoms with Crippen LogP contribution < -0.4 is 15.8 Å². The average molecular weight is 418 g/mol. The number of aromatic hydroxyl groups is 1. The quantitative estimate of drug-likeness (QED) is 0.585. The predicted molar refractivity (Wildman–Crippen MR) is 109 cm³/mol. The molecule has 0 saturated carbocycles. The maximum atomic E-state index is 13.8. The summed E-state index contributed by atoms with van der Waals surface area (Å²) in [6.45, 7) is 3.52. The molecule has 29 heavy (non-hydrogen) atoms. The van der Waals surface area contributed by atoms with Crippen molar-refractivity contribution < 1.29 is 14.2 Å². The molecule has 0 aliphatic carbocycles. The van der Waals surface area contributed by atoms with Crippen molar-refractivity contribution >= 4 is 17.4 Å². The van der Waals surface area contributed by atoms with Gasteiger partial charge in [-0.2, -0.15) is 5.10 Å². The number of hydrogen-bond acceptors (Lipinski definition) is 6. The van der Waals surface area contributed by atoms with Gasteiger partial charge in [0.1, 0.15) is 17.7 Å². The number of hydrogen-bond donors (Lipinski definition) is 3. The van der Waals surface area contributed by atoms with Gasteiger partial charge in [0.25, 0.3) is 0 Å². The van der Waals surface area contributed by atoms with Gasteiger partial charge < -0.3 is 20.9 Å². The number of nitrogen functional groups attached to an aromatic ring is 1. The van der Waals surface area contributed by atoms with Crippen LogP contribution in [0.25, 0.3) is 11.1 Å². The number of halogens is 2. The SMILES string of the molecule is CC(Oc1cc(-c2cnn([C@@H]3CCNC3)c2)cnc1N)c1c(O)ccc(F)c1Cl. The number of benzene rings is 1. The summed E-state index contributed by atoms with van der Waals surface area (Å²) >= 11 is 6.01. The third kappa shape index (κ3) is 3.86. The smallest absolute Gasteiger partial charge is 0.166 e. The van der Waals surface area contributed by atoms with E-state index in [2.05, 4.69) is 15.4 Å². The van der Waals surface area contributed by atoms with Crippen LogP contribution in [0.15, 0.2) is 36.8 Å². The lowest BCUT2D eigenvalue weighted by Crippen LogP contribution is -2.13. The summed E-state index contributed by atoms with van der Waals surface area (Å²) in [5.74, 6) is -0.299. The molecule has 1 aliphatic rings. The van der Waals surface area contributed by atoms with Crippen LogP contribution in [0.4, 0.5) is 10.2 Å². The van der Waals surface area contributed by atoms with E-state index in [0.717, 1.165) is 36.7 Å². The van der Waals surface area contributed by atoms with E-state index < -0.39 is 11.9 Å². The Labute approximate surface area is 172 Å². The fourth-order valence-corrected chi connectivity index (χ4v) is 3.77. The summed E-state index contributed by atoms with van der Waals surface area (Å²) in [6, 6.07) is 4.42. The van der Waals surface area contributed by atoms with Crippen LogP contribution in [0.2, 0.25) is 5.02 Å². The highest BCUT2D eigenvalue weighted by Gasteiger charge is 2.21. The van der Waals surface area contributed by atoms with Gasteiger partial charge in [-0.1, -0.05) is 11.6 Å². The highest BCUT2D eigenvalue weighted by molar-refractivity contribution is 6.31. The summed E-state index contributed by atoms with van der Waals surface area (Å²) in [6.07, 6.45) is 5.67. The standard InChI is InChI=1S/C20H21ClFN5O2/c1-11(18-16(28)3-2-15(22)19(18)21)29-17-6-12(7-25-20(17)23)13-8-26-27(10-13)14-4-5-24-9-14/h2-3,6-8,10-11,14,24,28H,4-5,9H2,1H3,(H2,23,25)/t11?,14-/m1/s1. The molecule has 0 spiro atoms. The molecular weight excluding hydrogens is 397 g/mol. The number of phenols is 1. The third-order valence-electron chi connectivity index (χ3n) is 5.04. The molecule has 0 bridgehead atoms. The van der Waals surface area contributed by atoms with E-state index in [9.17, 15) is 9.50 Å². The number of phenolic OH excluding ortho intramolecular Hbond substituents is 1. The van der Waals surface area contributed by atoms with Crippen molar-refractivity contribution in [2.75, 3.05) is 18.8 Å². The van der Waals surface area contributed by atoms with E-state index in [1.54, 1.807) is 25.4 Å². The Kier molecular flexibility index (Phi) is 5.29. The van der Waals surface area contributed by atoms with E-state index in [1.165, 1.54) is 6.07 Å². The minimum absolute atomic E-state index is 0.151. The molecule has 3 aromatic rings. The van der Waals surface area contributed by atoms with Crippen LogP contribution in [0.5, 0.6) is 11.5 Å². The molecule has 2 aromatic heterocycles. The molecule has 0 radical (unpaired) electrons. The monoisotopic (exact) mass is 417 g/mol. The van der Waals surface area contributed by atoms with E-state index in [0.29, 0.717) is 11.8 Å². The second-order valence-electron chi connectivity index (χ2n) is 7.02. The number of nitrogens with zero attached hydrogens (tertiary/aromatic N) is 3. The first kappa shape index (κ1) is 19.5. The molecule has 1 saturated heterocycles. The van der Waals surface area contributed by atoms with Crippen LogP contribution in [0.3, 0.4) is 0 Å². The topological polar surface area (TPSA) is 98.2 Å². The van der Waals surface area contributed by atoms with Crippen LogP contribution >= 0.6 is 11.6 Å². The second kappa shape index (κ2) is 7.88. The number of rotatable bonds is 5. The van der Waals surface area contributed by atoms with Crippen molar-refractivity contribution in [1.29, 1.82) is 0 Å². The van der Waals surface area contributed by atoms with Crippen molar-refractivity contribution in [2.24, 2.45) is 0 Å². The Bertz CT molecular complexity index is 1040. The Balaban J connectivity index is 1.60. The molecule has 4 N–H and O–H groups in total. The molecule has 7 nitrogen and oxygen atoms in total. The lowest BCUT2D eigenvalue weighted by atomic mass is 10.1. The zero-order chi connectivity index (χ0) is 20.5. The number of nitrogens with two attached hydrogens (primary N) is 1. The Hall–Kier alpha value is -2.84. The van der Waals surface area contributed by atoms with Gasteiger partial charge in [-0.05, 0) is 38.1 Å². The lowest BCUT2D eigenvalue weighted by Gasteiger charge is -2.19. The number of ether oxygens (including phenoxy) is 1. The van der Waals surface area contributed by atoms with Crippen LogP contribution in [0.1, 0.15) is 31.1 Å². The molecule has 4 rings (SSSR count). The fraction of sp³-hybridized carbons (Fsp3) is 0.300. The highest BCUT2D eigenvalue weighted by Crippen LogP contribution is 2.37. The first-order valence-corrected chi connectivity index (χ1v) is 9.66. The molecule has 152 valence electrons. The molecule has 1 aliphatic heterocycles. The normalized spacial score (nSPS) is 17.4.